The Hall–Kier alpha value is -1.19. The molecule has 0 N–H and O–H groups in total. The van der Waals surface area contributed by atoms with Gasteiger partial charge in [0.05, 0.1) is 0 Å². The van der Waals surface area contributed by atoms with Crippen LogP contribution in [0.15, 0.2) is 39.6 Å². The number of hydrogen-bond acceptors (Lipinski definition) is 3. The maximum Gasteiger partial charge on any atom is 0.185 e. The molecule has 0 bridgehead atoms. The van der Waals surface area contributed by atoms with Gasteiger partial charge < -0.3 is 4.42 Å². The quantitative estimate of drug-likeness (QED) is 0.639. The zero-order chi connectivity index (χ0) is 10.8. The summed E-state index contributed by atoms with van der Waals surface area (Å²) in [6.07, 6.45) is 0.664. The highest BCUT2D eigenvalue weighted by molar-refractivity contribution is 7.80. The Morgan fingerprint density at radius 1 is 1.27 bits per heavy atom. The summed E-state index contributed by atoms with van der Waals surface area (Å²) >= 11 is 10.1. The molecule has 0 unspecified atom stereocenters. The first-order chi connectivity index (χ1) is 7.20. The number of carbonyl (C=O) groups excluding carboxylic acids is 1. The predicted octanol–water partition coefficient (Wildman–Crippen LogP) is 3.70. The van der Waals surface area contributed by atoms with E-state index in [0.717, 1.165) is 5.56 Å². The summed E-state index contributed by atoms with van der Waals surface area (Å²) in [7, 11) is 0. The molecule has 0 atom stereocenters. The largest absolute Gasteiger partial charge is 0.453 e. The van der Waals surface area contributed by atoms with Crippen molar-refractivity contribution < 1.29 is 9.21 Å². The van der Waals surface area contributed by atoms with Gasteiger partial charge in [0.25, 0.3) is 0 Å². The highest BCUT2D eigenvalue weighted by Crippen LogP contribution is 2.29. The summed E-state index contributed by atoms with van der Waals surface area (Å²) in [6.45, 7) is 0. The monoisotopic (exact) mass is 238 g/mol. The summed E-state index contributed by atoms with van der Waals surface area (Å²) in [5, 5.41) is 0.617. The molecule has 1 heterocycles. The van der Waals surface area contributed by atoms with Crippen molar-refractivity contribution in [3.05, 3.63) is 41.1 Å². The van der Waals surface area contributed by atoms with E-state index < -0.39 is 0 Å². The molecule has 2 nitrogen and oxygen atoms in total. The van der Waals surface area contributed by atoms with Gasteiger partial charge in [-0.05, 0) is 30.3 Å². The molecule has 1 aromatic carbocycles. The van der Waals surface area contributed by atoms with E-state index in [1.807, 2.05) is 0 Å². The molecule has 2 aromatic rings. The number of aldehydes is 1. The number of benzene rings is 1. The van der Waals surface area contributed by atoms with Crippen molar-refractivity contribution in [2.24, 2.45) is 0 Å². The molecule has 0 radical (unpaired) electrons. The van der Waals surface area contributed by atoms with Crippen molar-refractivity contribution >= 4 is 30.5 Å². The van der Waals surface area contributed by atoms with Gasteiger partial charge in [-0.25, -0.2) is 0 Å². The molecule has 0 amide bonds. The van der Waals surface area contributed by atoms with Crippen LogP contribution in [-0.4, -0.2) is 6.29 Å². The molecular weight excluding hydrogens is 232 g/mol. The van der Waals surface area contributed by atoms with Gasteiger partial charge in [0.1, 0.15) is 5.76 Å². The van der Waals surface area contributed by atoms with E-state index in [1.54, 1.807) is 30.3 Å². The zero-order valence-corrected chi connectivity index (χ0v) is 9.26. The van der Waals surface area contributed by atoms with Crippen molar-refractivity contribution in [1.82, 2.24) is 0 Å². The fourth-order valence-corrected chi connectivity index (χ4v) is 1.85. The van der Waals surface area contributed by atoms with Crippen LogP contribution in [0.25, 0.3) is 11.3 Å². The number of rotatable bonds is 2. The van der Waals surface area contributed by atoms with E-state index in [0.29, 0.717) is 27.7 Å². The second kappa shape index (κ2) is 4.13. The lowest BCUT2D eigenvalue weighted by Gasteiger charge is -2.01. The molecule has 76 valence electrons. The third kappa shape index (κ3) is 2.08. The van der Waals surface area contributed by atoms with Gasteiger partial charge in [0, 0.05) is 15.5 Å². The van der Waals surface area contributed by atoms with Crippen LogP contribution in [0.3, 0.4) is 0 Å². The Labute approximate surface area is 97.3 Å². The topological polar surface area (TPSA) is 30.2 Å². The highest BCUT2D eigenvalue weighted by Gasteiger charge is 2.07. The Morgan fingerprint density at radius 3 is 2.67 bits per heavy atom. The Kier molecular flexibility index (Phi) is 2.84. The second-order valence-electron chi connectivity index (χ2n) is 2.98. The first-order valence-electron chi connectivity index (χ1n) is 4.24. The maximum absolute atomic E-state index is 10.5. The molecule has 15 heavy (non-hydrogen) atoms. The molecule has 0 spiro atoms. The fourth-order valence-electron chi connectivity index (χ4n) is 1.27. The third-order valence-electron chi connectivity index (χ3n) is 1.97. The third-order valence-corrected chi connectivity index (χ3v) is 2.57. The lowest BCUT2D eigenvalue weighted by atomic mass is 10.2. The van der Waals surface area contributed by atoms with E-state index in [9.17, 15) is 4.79 Å². The van der Waals surface area contributed by atoms with Gasteiger partial charge >= 0.3 is 0 Å². The van der Waals surface area contributed by atoms with E-state index in [1.165, 1.54) is 0 Å². The van der Waals surface area contributed by atoms with Crippen LogP contribution in [0.4, 0.5) is 0 Å². The lowest BCUT2D eigenvalue weighted by Crippen LogP contribution is -1.77. The SMILES string of the molecule is O=Cc1ccc(-c2ccc(Cl)cc2S)o1. The van der Waals surface area contributed by atoms with Crippen LogP contribution >= 0.6 is 24.2 Å². The molecule has 0 aliphatic rings. The van der Waals surface area contributed by atoms with Crippen molar-refractivity contribution in [3.8, 4) is 11.3 Å². The van der Waals surface area contributed by atoms with E-state index in [4.69, 9.17) is 16.0 Å². The Bertz CT molecular complexity index is 505. The molecule has 0 saturated carbocycles. The van der Waals surface area contributed by atoms with Crippen molar-refractivity contribution in [2.75, 3.05) is 0 Å². The zero-order valence-electron chi connectivity index (χ0n) is 7.61. The molecule has 4 heteroatoms. The van der Waals surface area contributed by atoms with Crippen LogP contribution < -0.4 is 0 Å². The number of thiol groups is 1. The van der Waals surface area contributed by atoms with Gasteiger partial charge in [-0.3, -0.25) is 4.79 Å². The minimum atomic E-state index is 0.299. The van der Waals surface area contributed by atoms with Crippen LogP contribution in [-0.2, 0) is 0 Å². The van der Waals surface area contributed by atoms with Crippen molar-refractivity contribution in [2.45, 2.75) is 4.90 Å². The number of halogens is 1. The number of hydrogen-bond donors (Lipinski definition) is 1. The van der Waals surface area contributed by atoms with Crippen molar-refractivity contribution in [1.29, 1.82) is 0 Å². The van der Waals surface area contributed by atoms with Crippen molar-refractivity contribution in [3.63, 3.8) is 0 Å². The van der Waals surface area contributed by atoms with E-state index in [2.05, 4.69) is 12.6 Å². The Morgan fingerprint density at radius 2 is 2.07 bits per heavy atom. The first-order valence-corrected chi connectivity index (χ1v) is 5.07. The average molecular weight is 239 g/mol. The van der Waals surface area contributed by atoms with Crippen LogP contribution in [0.5, 0.6) is 0 Å². The molecule has 0 fully saturated rings. The summed E-state index contributed by atoms with van der Waals surface area (Å²) in [5.41, 5.74) is 0.816. The van der Waals surface area contributed by atoms with Gasteiger partial charge in [-0.15, -0.1) is 12.6 Å². The summed E-state index contributed by atoms with van der Waals surface area (Å²) in [6, 6.07) is 8.62. The summed E-state index contributed by atoms with van der Waals surface area (Å²) in [5.74, 6) is 0.909. The Balaban J connectivity index is 2.49. The summed E-state index contributed by atoms with van der Waals surface area (Å²) < 4.78 is 5.28. The van der Waals surface area contributed by atoms with Gasteiger partial charge in [0.2, 0.25) is 0 Å². The fraction of sp³-hybridized carbons (Fsp3) is 0. The van der Waals surface area contributed by atoms with E-state index in [-0.39, 0.29) is 0 Å². The summed E-state index contributed by atoms with van der Waals surface area (Å²) in [4.78, 5) is 11.2. The molecule has 2 rings (SSSR count). The molecule has 0 aliphatic heterocycles. The van der Waals surface area contributed by atoms with Gasteiger partial charge in [-0.1, -0.05) is 11.6 Å². The molecule has 1 aromatic heterocycles. The predicted molar refractivity (Wildman–Crippen MR) is 61.8 cm³/mol. The first kappa shape index (κ1) is 10.3. The molecular formula is C11H7ClO2S. The second-order valence-corrected chi connectivity index (χ2v) is 3.90. The van der Waals surface area contributed by atoms with Gasteiger partial charge in [-0.2, -0.15) is 0 Å². The smallest absolute Gasteiger partial charge is 0.185 e. The molecule has 0 aliphatic carbocycles. The minimum absolute atomic E-state index is 0.299. The highest BCUT2D eigenvalue weighted by atomic mass is 35.5. The van der Waals surface area contributed by atoms with Crippen LogP contribution in [0, 0.1) is 0 Å². The number of carbonyl (C=O) groups is 1. The van der Waals surface area contributed by atoms with Gasteiger partial charge in [0.15, 0.2) is 12.0 Å². The standard InChI is InChI=1S/C11H7ClO2S/c12-7-1-3-9(11(15)5-7)10-4-2-8(6-13)14-10/h1-6,15H. The maximum atomic E-state index is 10.5. The van der Waals surface area contributed by atoms with Crippen LogP contribution in [0.2, 0.25) is 5.02 Å². The normalized spacial score (nSPS) is 10.3. The average Bonchev–Trinajstić information content (AvgIpc) is 2.66. The van der Waals surface area contributed by atoms with E-state index >= 15 is 0 Å². The van der Waals surface area contributed by atoms with Crippen LogP contribution in [0.1, 0.15) is 10.6 Å². The lowest BCUT2D eigenvalue weighted by molar-refractivity contribution is 0.110. The number of furan rings is 1. The molecule has 0 saturated heterocycles. The minimum Gasteiger partial charge on any atom is -0.453 e.